The minimum atomic E-state index is -5.01. The number of nitrogens with one attached hydrogen (secondary N) is 2. The summed E-state index contributed by atoms with van der Waals surface area (Å²) < 4.78 is 62.2. The molecule has 3 aliphatic rings. The van der Waals surface area contributed by atoms with Crippen molar-refractivity contribution in [3.63, 3.8) is 0 Å². The number of hydrogen-bond donors (Lipinski definition) is 11. The molecule has 0 bridgehead atoms. The van der Waals surface area contributed by atoms with Gasteiger partial charge < -0.3 is 75.2 Å². The van der Waals surface area contributed by atoms with Crippen LogP contribution in [0.4, 0.5) is 0 Å². The second-order valence-electron chi connectivity index (χ2n) is 10.4. The summed E-state index contributed by atoms with van der Waals surface area (Å²) in [5, 5.41) is 87.5. The molecule has 0 radical (unpaired) electrons. The van der Waals surface area contributed by atoms with Gasteiger partial charge in [-0.2, -0.15) is 8.42 Å². The Labute approximate surface area is 250 Å². The van der Waals surface area contributed by atoms with E-state index in [0.29, 0.717) is 0 Å². The number of aliphatic hydroxyl groups is 8. The molecule has 15 atom stereocenters. The Hall–Kier alpha value is -1.71. The SMILES string of the molecule is CC(=O)N[C@@H]1[C@@H](O[C@@H]2O[C@H](COS(=O)(=O)O)[C@H](O)[C@H](O)[C@H]2O)[C@@H](O)[C@@H](CO[C@@H]2O[C@H](CO)[C@@H](O)[C@H](O)[C@H]2NC(C)=O)O[C@@H]1O. The lowest BCUT2D eigenvalue weighted by atomic mass is 9.95. The molecule has 0 aromatic carbocycles. The maximum absolute atomic E-state index is 11.8. The number of hydrogen-bond acceptors (Lipinski definition) is 18. The third-order valence-corrected chi connectivity index (χ3v) is 7.51. The van der Waals surface area contributed by atoms with Crippen LogP contribution in [0.3, 0.4) is 0 Å². The van der Waals surface area contributed by atoms with Crippen molar-refractivity contribution < 1.29 is 91.3 Å². The highest BCUT2D eigenvalue weighted by Crippen LogP contribution is 2.30. The first-order valence-corrected chi connectivity index (χ1v) is 14.6. The molecule has 22 heteroatoms. The molecule has 3 heterocycles. The summed E-state index contributed by atoms with van der Waals surface area (Å²) in [7, 11) is -5.01. The molecule has 21 nitrogen and oxygen atoms in total. The molecule has 0 spiro atoms. The van der Waals surface area contributed by atoms with E-state index in [1.165, 1.54) is 0 Å². The van der Waals surface area contributed by atoms with E-state index < -0.39 is 134 Å². The Morgan fingerprint density at radius 2 is 1.25 bits per heavy atom. The monoisotopic (exact) mass is 666 g/mol. The van der Waals surface area contributed by atoms with Gasteiger partial charge >= 0.3 is 10.4 Å². The molecular formula is C22H38N2O19S. The van der Waals surface area contributed by atoms with Gasteiger partial charge in [-0.05, 0) is 0 Å². The van der Waals surface area contributed by atoms with Crippen LogP contribution < -0.4 is 10.6 Å². The average molecular weight is 667 g/mol. The number of carbonyl (C=O) groups is 2. The lowest BCUT2D eigenvalue weighted by molar-refractivity contribution is -0.345. The topological polar surface area (TPSA) is 330 Å². The van der Waals surface area contributed by atoms with E-state index in [2.05, 4.69) is 14.8 Å². The normalized spacial score (nSPS) is 43.3. The van der Waals surface area contributed by atoms with Crippen molar-refractivity contribution in [3.8, 4) is 0 Å². The van der Waals surface area contributed by atoms with E-state index >= 15 is 0 Å². The molecule has 3 rings (SSSR count). The highest BCUT2D eigenvalue weighted by atomic mass is 32.3. The van der Waals surface area contributed by atoms with Crippen molar-refractivity contribution in [2.45, 2.75) is 106 Å². The Morgan fingerprint density at radius 1 is 0.705 bits per heavy atom. The number of ether oxygens (including phenoxy) is 5. The van der Waals surface area contributed by atoms with Crippen LogP contribution >= 0.6 is 0 Å². The van der Waals surface area contributed by atoms with Gasteiger partial charge in [0.15, 0.2) is 18.9 Å². The molecule has 2 amide bonds. The Balaban J connectivity index is 1.80. The maximum Gasteiger partial charge on any atom is 0.397 e. The first kappa shape index (κ1) is 36.8. The average Bonchev–Trinajstić information content (AvgIpc) is 2.93. The van der Waals surface area contributed by atoms with Crippen molar-refractivity contribution >= 4 is 22.2 Å². The van der Waals surface area contributed by atoms with E-state index in [-0.39, 0.29) is 0 Å². The smallest absolute Gasteiger partial charge is 0.394 e. The minimum Gasteiger partial charge on any atom is -0.394 e. The summed E-state index contributed by atoms with van der Waals surface area (Å²) in [6, 6.07) is -2.92. The molecule has 3 fully saturated rings. The van der Waals surface area contributed by atoms with Gasteiger partial charge in [0.05, 0.1) is 19.8 Å². The predicted octanol–water partition coefficient (Wildman–Crippen LogP) is -7.46. The molecule has 0 aromatic rings. The third-order valence-electron chi connectivity index (χ3n) is 7.08. The Morgan fingerprint density at radius 3 is 1.82 bits per heavy atom. The Kier molecular flexibility index (Phi) is 12.7. The maximum atomic E-state index is 11.8. The number of aliphatic hydroxyl groups excluding tert-OH is 8. The molecule has 11 N–H and O–H groups in total. The second kappa shape index (κ2) is 15.3. The summed E-state index contributed by atoms with van der Waals surface area (Å²) in [5.74, 6) is -1.37. The van der Waals surface area contributed by atoms with E-state index in [1.807, 2.05) is 0 Å². The van der Waals surface area contributed by atoms with Gasteiger partial charge in [-0.3, -0.25) is 14.1 Å². The van der Waals surface area contributed by atoms with Crippen LogP contribution in [0.15, 0.2) is 0 Å². The fourth-order valence-electron chi connectivity index (χ4n) is 4.90. The van der Waals surface area contributed by atoms with Crippen molar-refractivity contribution in [1.82, 2.24) is 10.6 Å². The first-order valence-electron chi connectivity index (χ1n) is 13.2. The third kappa shape index (κ3) is 8.97. The molecule has 0 aliphatic carbocycles. The zero-order valence-corrected chi connectivity index (χ0v) is 24.1. The molecule has 0 saturated carbocycles. The van der Waals surface area contributed by atoms with E-state index in [1.54, 1.807) is 0 Å². The van der Waals surface area contributed by atoms with Gasteiger partial charge in [0.1, 0.15) is 73.1 Å². The van der Waals surface area contributed by atoms with Crippen molar-refractivity contribution in [2.24, 2.45) is 0 Å². The van der Waals surface area contributed by atoms with E-state index in [4.69, 9.17) is 28.2 Å². The van der Waals surface area contributed by atoms with Crippen LogP contribution in [0.5, 0.6) is 0 Å². The molecule has 0 aromatic heterocycles. The summed E-state index contributed by atoms with van der Waals surface area (Å²) in [6.45, 7) is -0.298. The van der Waals surface area contributed by atoms with E-state index in [9.17, 15) is 58.9 Å². The predicted molar refractivity (Wildman–Crippen MR) is 135 cm³/mol. The summed E-state index contributed by atoms with van der Waals surface area (Å²) >= 11 is 0. The quantitative estimate of drug-likeness (QED) is 0.0912. The summed E-state index contributed by atoms with van der Waals surface area (Å²) in [4.78, 5) is 23.5. The van der Waals surface area contributed by atoms with Crippen LogP contribution in [0.2, 0.25) is 0 Å². The molecule has 3 aliphatic heterocycles. The lowest BCUT2D eigenvalue weighted by Crippen LogP contribution is -2.68. The lowest BCUT2D eigenvalue weighted by Gasteiger charge is -2.47. The standard InChI is InChI=1S/C22H38N2O19S/c1-6(26)23-11-16(31)13(28)8(3-25)41-21(11)38-4-9-15(30)19(12(20(34)40-9)24-7(2)27)43-22-18(33)17(32)14(29)10(42-22)5-39-44(35,36)37/h8-22,25,28-34H,3-5H2,1-2H3,(H,23,26)(H,24,27)(H,35,36,37)/t8-,9-,10-,11-,12-,13-,14+,15+,16-,17+,18-,19-,20+,21-,22+/m1/s1. The van der Waals surface area contributed by atoms with Crippen LogP contribution in [-0.2, 0) is 47.9 Å². The fourth-order valence-corrected chi connectivity index (χ4v) is 5.20. The van der Waals surface area contributed by atoms with E-state index in [0.717, 1.165) is 13.8 Å². The van der Waals surface area contributed by atoms with Crippen molar-refractivity contribution in [1.29, 1.82) is 0 Å². The highest BCUT2D eigenvalue weighted by molar-refractivity contribution is 7.80. The minimum absolute atomic E-state index is 0.643. The highest BCUT2D eigenvalue weighted by Gasteiger charge is 2.52. The van der Waals surface area contributed by atoms with Gasteiger partial charge in [0.25, 0.3) is 0 Å². The van der Waals surface area contributed by atoms with Crippen LogP contribution in [0.1, 0.15) is 13.8 Å². The van der Waals surface area contributed by atoms with Crippen LogP contribution in [0, 0.1) is 0 Å². The van der Waals surface area contributed by atoms with Crippen molar-refractivity contribution in [2.75, 3.05) is 19.8 Å². The molecule has 44 heavy (non-hydrogen) atoms. The number of amides is 2. The van der Waals surface area contributed by atoms with Gasteiger partial charge in [0, 0.05) is 13.8 Å². The van der Waals surface area contributed by atoms with Gasteiger partial charge in [-0.15, -0.1) is 0 Å². The van der Waals surface area contributed by atoms with Gasteiger partial charge in [-0.1, -0.05) is 0 Å². The molecule has 3 saturated heterocycles. The largest absolute Gasteiger partial charge is 0.397 e. The fraction of sp³-hybridized carbons (Fsp3) is 0.909. The summed E-state index contributed by atoms with van der Waals surface area (Å²) in [5.41, 5.74) is 0. The molecular weight excluding hydrogens is 628 g/mol. The number of rotatable bonds is 11. The summed E-state index contributed by atoms with van der Waals surface area (Å²) in [6.07, 6.45) is -22.9. The number of carbonyl (C=O) groups excluding carboxylic acids is 2. The second-order valence-corrected chi connectivity index (χ2v) is 11.5. The van der Waals surface area contributed by atoms with Crippen LogP contribution in [-0.4, -0.2) is 177 Å². The molecule has 256 valence electrons. The Bertz CT molecular complexity index is 1080. The molecule has 0 unspecified atom stereocenters. The zero-order valence-electron chi connectivity index (χ0n) is 23.3. The van der Waals surface area contributed by atoms with Crippen LogP contribution in [0.25, 0.3) is 0 Å². The van der Waals surface area contributed by atoms with Gasteiger partial charge in [-0.25, -0.2) is 4.18 Å². The first-order chi connectivity index (χ1) is 20.4. The zero-order chi connectivity index (χ0) is 33.1. The van der Waals surface area contributed by atoms with Crippen molar-refractivity contribution in [3.05, 3.63) is 0 Å². The van der Waals surface area contributed by atoms with Gasteiger partial charge in [0.2, 0.25) is 11.8 Å².